The molecule has 1 atom stereocenters. The monoisotopic (exact) mass is 619 g/mol. The molecule has 3 rings (SSSR count). The number of benzene rings is 3. The van der Waals surface area contributed by atoms with E-state index in [0.717, 1.165) is 4.31 Å². The third-order valence-corrected chi connectivity index (χ3v) is 8.60. The van der Waals surface area contributed by atoms with Crippen LogP contribution in [-0.4, -0.2) is 49.9 Å². The standard InChI is InChI=1S/C30H35Cl2N3O5S/c1-6-40-23-15-17-24(18-16-23)41(38,39)35(22-11-8-7-9-12-22)20-28(36)34(21(2)29(37)33-30(3,4)5)19-25-26(31)13-10-14-27(25)32/h7-18,21H,6,19-20H2,1-5H3,(H,33,37). The van der Waals surface area contributed by atoms with Crippen molar-refractivity contribution in [2.45, 2.75) is 57.6 Å². The molecule has 0 radical (unpaired) electrons. The highest BCUT2D eigenvalue weighted by Gasteiger charge is 2.34. The van der Waals surface area contributed by atoms with Gasteiger partial charge in [0.2, 0.25) is 11.8 Å². The van der Waals surface area contributed by atoms with E-state index in [-0.39, 0.29) is 17.1 Å². The van der Waals surface area contributed by atoms with E-state index in [4.69, 9.17) is 27.9 Å². The molecular formula is C30H35Cl2N3O5S. The summed E-state index contributed by atoms with van der Waals surface area (Å²) in [6.45, 7) is 8.65. The van der Waals surface area contributed by atoms with E-state index in [0.29, 0.717) is 28.0 Å². The predicted octanol–water partition coefficient (Wildman–Crippen LogP) is 5.92. The highest BCUT2D eigenvalue weighted by atomic mass is 35.5. The maximum atomic E-state index is 14.0. The van der Waals surface area contributed by atoms with Crippen molar-refractivity contribution < 1.29 is 22.7 Å². The summed E-state index contributed by atoms with van der Waals surface area (Å²) in [5.41, 5.74) is 0.173. The minimum atomic E-state index is -4.20. The lowest BCUT2D eigenvalue weighted by Crippen LogP contribution is -2.54. The van der Waals surface area contributed by atoms with Gasteiger partial charge in [0.05, 0.1) is 17.2 Å². The van der Waals surface area contributed by atoms with Crippen molar-refractivity contribution in [3.05, 3.63) is 88.4 Å². The molecule has 41 heavy (non-hydrogen) atoms. The number of para-hydroxylation sites is 1. The fourth-order valence-corrected chi connectivity index (χ4v) is 5.97. The molecule has 2 amide bonds. The number of amides is 2. The molecule has 11 heteroatoms. The number of halogens is 2. The zero-order valence-corrected chi connectivity index (χ0v) is 26.1. The Morgan fingerprint density at radius 2 is 1.51 bits per heavy atom. The average Bonchev–Trinajstić information content (AvgIpc) is 2.91. The Hall–Kier alpha value is -3.27. The van der Waals surface area contributed by atoms with Crippen LogP contribution >= 0.6 is 23.2 Å². The second-order valence-electron chi connectivity index (χ2n) is 10.4. The highest BCUT2D eigenvalue weighted by Crippen LogP contribution is 2.29. The normalized spacial score (nSPS) is 12.4. The molecule has 3 aromatic rings. The Balaban J connectivity index is 2.04. The van der Waals surface area contributed by atoms with Crippen molar-refractivity contribution in [3.8, 4) is 5.75 Å². The maximum absolute atomic E-state index is 14.0. The van der Waals surface area contributed by atoms with Gasteiger partial charge in [-0.15, -0.1) is 0 Å². The molecule has 0 aliphatic rings. The van der Waals surface area contributed by atoms with Crippen LogP contribution in [0.5, 0.6) is 5.75 Å². The Morgan fingerprint density at radius 3 is 2.05 bits per heavy atom. The van der Waals surface area contributed by atoms with Crippen LogP contribution in [0, 0.1) is 0 Å². The summed E-state index contributed by atoms with van der Waals surface area (Å²) in [6, 6.07) is 18.3. The van der Waals surface area contributed by atoms with Gasteiger partial charge in [-0.25, -0.2) is 8.42 Å². The van der Waals surface area contributed by atoms with E-state index in [9.17, 15) is 18.0 Å². The molecule has 0 bridgehead atoms. The minimum absolute atomic E-state index is 0.0168. The van der Waals surface area contributed by atoms with E-state index < -0.39 is 40.0 Å². The summed E-state index contributed by atoms with van der Waals surface area (Å²) in [5, 5.41) is 3.52. The van der Waals surface area contributed by atoms with Gasteiger partial charge in [0, 0.05) is 27.7 Å². The molecule has 0 heterocycles. The van der Waals surface area contributed by atoms with Crippen LogP contribution in [0.3, 0.4) is 0 Å². The maximum Gasteiger partial charge on any atom is 0.264 e. The first-order valence-electron chi connectivity index (χ1n) is 13.1. The number of hydrogen-bond acceptors (Lipinski definition) is 5. The Bertz CT molecular complexity index is 1440. The lowest BCUT2D eigenvalue weighted by atomic mass is 10.1. The van der Waals surface area contributed by atoms with Crippen LogP contribution < -0.4 is 14.4 Å². The molecular weight excluding hydrogens is 585 g/mol. The molecule has 0 spiro atoms. The number of sulfonamides is 1. The molecule has 0 aromatic heterocycles. The van der Waals surface area contributed by atoms with E-state index in [1.54, 1.807) is 67.6 Å². The summed E-state index contributed by atoms with van der Waals surface area (Å²) >= 11 is 12.8. The highest BCUT2D eigenvalue weighted by molar-refractivity contribution is 7.92. The van der Waals surface area contributed by atoms with Crippen molar-refractivity contribution in [1.82, 2.24) is 10.2 Å². The predicted molar refractivity (Wildman–Crippen MR) is 163 cm³/mol. The zero-order chi connectivity index (χ0) is 30.4. The third kappa shape index (κ3) is 8.38. The Labute approximate surface area is 252 Å². The fourth-order valence-electron chi connectivity index (χ4n) is 4.04. The summed E-state index contributed by atoms with van der Waals surface area (Å²) in [7, 11) is -4.20. The lowest BCUT2D eigenvalue weighted by molar-refractivity contribution is -0.140. The first-order valence-corrected chi connectivity index (χ1v) is 15.3. The Morgan fingerprint density at radius 1 is 0.927 bits per heavy atom. The largest absolute Gasteiger partial charge is 0.494 e. The quantitative estimate of drug-likeness (QED) is 0.287. The molecule has 0 aliphatic heterocycles. The summed E-state index contributed by atoms with van der Waals surface area (Å²) < 4.78 is 34.3. The van der Waals surface area contributed by atoms with Crippen molar-refractivity contribution in [2.24, 2.45) is 0 Å². The summed E-state index contributed by atoms with van der Waals surface area (Å²) in [4.78, 5) is 28.5. The number of nitrogens with zero attached hydrogens (tertiary/aromatic N) is 2. The van der Waals surface area contributed by atoms with E-state index >= 15 is 0 Å². The van der Waals surface area contributed by atoms with Crippen LogP contribution in [-0.2, 0) is 26.2 Å². The SMILES string of the molecule is CCOc1ccc(S(=O)(=O)N(CC(=O)N(Cc2c(Cl)cccc2Cl)C(C)C(=O)NC(C)(C)C)c2ccccc2)cc1. The van der Waals surface area contributed by atoms with Crippen LogP contribution in [0.1, 0.15) is 40.2 Å². The molecule has 1 N–H and O–H groups in total. The van der Waals surface area contributed by atoms with Gasteiger partial charge in [-0.3, -0.25) is 13.9 Å². The number of carbonyl (C=O) groups is 2. The number of hydrogen-bond donors (Lipinski definition) is 1. The van der Waals surface area contributed by atoms with Crippen molar-refractivity contribution >= 4 is 50.7 Å². The van der Waals surface area contributed by atoms with Gasteiger partial charge < -0.3 is 15.0 Å². The smallest absolute Gasteiger partial charge is 0.264 e. The zero-order valence-electron chi connectivity index (χ0n) is 23.7. The molecule has 0 fully saturated rings. The molecule has 3 aromatic carbocycles. The number of ether oxygens (including phenoxy) is 1. The number of nitrogens with one attached hydrogen (secondary N) is 1. The van der Waals surface area contributed by atoms with Crippen molar-refractivity contribution in [2.75, 3.05) is 17.5 Å². The summed E-state index contributed by atoms with van der Waals surface area (Å²) in [5.74, 6) is -0.499. The number of anilines is 1. The second-order valence-corrected chi connectivity index (χ2v) is 13.1. The van der Waals surface area contributed by atoms with Gasteiger partial charge in [0.15, 0.2) is 0 Å². The van der Waals surface area contributed by atoms with Crippen LogP contribution in [0.15, 0.2) is 77.7 Å². The van der Waals surface area contributed by atoms with Crippen molar-refractivity contribution in [3.63, 3.8) is 0 Å². The van der Waals surface area contributed by atoms with E-state index in [1.165, 1.54) is 17.0 Å². The molecule has 0 saturated heterocycles. The van der Waals surface area contributed by atoms with Crippen LogP contribution in [0.2, 0.25) is 10.0 Å². The second kappa shape index (κ2) is 13.6. The summed E-state index contributed by atoms with van der Waals surface area (Å²) in [6.07, 6.45) is 0. The van der Waals surface area contributed by atoms with Gasteiger partial charge in [0.1, 0.15) is 18.3 Å². The van der Waals surface area contributed by atoms with Crippen LogP contribution in [0.25, 0.3) is 0 Å². The van der Waals surface area contributed by atoms with Gasteiger partial charge >= 0.3 is 0 Å². The fraction of sp³-hybridized carbons (Fsp3) is 0.333. The minimum Gasteiger partial charge on any atom is -0.494 e. The van der Waals surface area contributed by atoms with Gasteiger partial charge in [-0.1, -0.05) is 47.5 Å². The topological polar surface area (TPSA) is 96.0 Å². The van der Waals surface area contributed by atoms with E-state index in [1.807, 2.05) is 27.7 Å². The first-order chi connectivity index (χ1) is 19.2. The Kier molecular flexibility index (Phi) is 10.7. The molecule has 220 valence electrons. The van der Waals surface area contributed by atoms with Crippen molar-refractivity contribution in [1.29, 1.82) is 0 Å². The van der Waals surface area contributed by atoms with Gasteiger partial charge in [-0.05, 0) is 83.1 Å². The number of rotatable bonds is 11. The van der Waals surface area contributed by atoms with Gasteiger partial charge in [0.25, 0.3) is 10.0 Å². The molecule has 1 unspecified atom stereocenters. The molecule has 0 saturated carbocycles. The average molecular weight is 621 g/mol. The molecule has 8 nitrogen and oxygen atoms in total. The first kappa shape index (κ1) is 32.2. The number of carbonyl (C=O) groups excluding carboxylic acids is 2. The lowest BCUT2D eigenvalue weighted by Gasteiger charge is -2.33. The molecule has 0 aliphatic carbocycles. The van der Waals surface area contributed by atoms with E-state index in [2.05, 4.69) is 5.32 Å². The van der Waals surface area contributed by atoms with Gasteiger partial charge in [-0.2, -0.15) is 0 Å². The third-order valence-electron chi connectivity index (χ3n) is 6.10. The van der Waals surface area contributed by atoms with Crippen LogP contribution in [0.4, 0.5) is 5.69 Å².